The molecule has 398 valence electrons. The van der Waals surface area contributed by atoms with Crippen LogP contribution in [0.3, 0.4) is 0 Å². The summed E-state index contributed by atoms with van der Waals surface area (Å²) in [5, 5.41) is 11.8. The molecule has 0 radical (unpaired) electrons. The van der Waals surface area contributed by atoms with Crippen molar-refractivity contribution < 1.29 is 196 Å². The highest BCUT2D eigenvalue weighted by Crippen LogP contribution is 2.90. The van der Waals surface area contributed by atoms with Crippen LogP contribution in [-0.4, -0.2) is 146 Å². The maximum absolute atomic E-state index is 16.3. The Morgan fingerprint density at radius 3 is 0.672 bits per heavy atom. The molecule has 0 aliphatic heterocycles. The minimum Gasteiger partial charge on any atom is -0.350 e. The van der Waals surface area contributed by atoms with Gasteiger partial charge in [-0.05, 0) is 0 Å². The van der Waals surface area contributed by atoms with Gasteiger partial charge in [-0.15, -0.1) is 0 Å². The normalized spacial score (nSPS) is 33.6. The van der Waals surface area contributed by atoms with Crippen molar-refractivity contribution in [2.24, 2.45) is 0 Å². The molecule has 45 heteroatoms. The van der Waals surface area contributed by atoms with Crippen LogP contribution < -0.4 is 0 Å². The molecule has 2 N–H and O–H groups in total. The highest BCUT2D eigenvalue weighted by Gasteiger charge is 3.24. The second-order valence-corrected chi connectivity index (χ2v) is 13.3. The first-order valence-electron chi connectivity index (χ1n) is 14.5. The molecule has 4 aliphatic rings. The molecule has 4 aliphatic carbocycles. The number of halogens is 39. The number of hydrogen-bond donors (Lipinski definition) is 2. The highest BCUT2D eigenvalue weighted by molar-refractivity contribution is 5.55. The molecule has 0 aromatic rings. The lowest BCUT2D eigenvalue weighted by Gasteiger charge is -2.77. The Balaban J connectivity index is 2.98. The predicted octanol–water partition coefficient (Wildman–Crippen LogP) is 10.2. The molecule has 0 saturated heterocycles. The van der Waals surface area contributed by atoms with E-state index >= 15 is 65.9 Å². The summed E-state index contributed by atoms with van der Waals surface area (Å²) in [6.45, 7) is 0. The molecule has 0 spiro atoms. The van der Waals surface area contributed by atoms with Crippen LogP contribution in [-0.2, 0) is 14.2 Å². The van der Waals surface area contributed by atoms with Crippen LogP contribution in [0.1, 0.15) is 0 Å². The first-order valence-corrected chi connectivity index (χ1v) is 14.5. The lowest BCUT2D eigenvalue weighted by molar-refractivity contribution is -0.678. The number of ether oxygens (including phenoxy) is 3. The number of alkyl halides is 37. The van der Waals surface area contributed by atoms with E-state index in [0.29, 0.717) is 0 Å². The van der Waals surface area contributed by atoms with Crippen LogP contribution in [0.15, 0.2) is 0 Å². The van der Waals surface area contributed by atoms with Crippen molar-refractivity contribution in [3.05, 3.63) is 0 Å². The van der Waals surface area contributed by atoms with Crippen molar-refractivity contribution in [1.82, 2.24) is 5.34 Å². The number of nitrogens with zero attached hydrogens (tertiary/aromatic N) is 1. The standard InChI is InChI=1S/C22H2F39NO5/c23-1-5(24,25)2(65-20(54,55)14(42,62(60)61)11(36,37)17(45,46)47)8(30,31)3(6(1,26)27,66-21(56,57)15(43,63)12(38,39)18(48,49)50)10(34,35)4(7(1,28)29,9(2,32)33)67-22(58,59)16(44,64)13(40,41)19(51,52)53/h63-64H. The molecule has 0 aromatic carbocycles. The molecule has 67 heavy (non-hydrogen) atoms. The second kappa shape index (κ2) is 13.3. The first-order chi connectivity index (χ1) is 28.3. The van der Waals surface area contributed by atoms with Gasteiger partial charge in [0, 0.05) is 0 Å². The average Bonchev–Trinajstić information content (AvgIpc) is 3.06. The van der Waals surface area contributed by atoms with Gasteiger partial charge in [0.1, 0.15) is 0 Å². The van der Waals surface area contributed by atoms with Crippen molar-refractivity contribution in [2.45, 2.75) is 130 Å². The second-order valence-electron chi connectivity index (χ2n) is 13.3. The van der Waals surface area contributed by atoms with E-state index in [2.05, 4.69) is 0 Å². The lowest BCUT2D eigenvalue weighted by Crippen LogP contribution is -3.12. The quantitative estimate of drug-likeness (QED) is 0.109. The Morgan fingerprint density at radius 1 is 0.299 bits per heavy atom. The molecule has 5 atom stereocenters. The third-order valence-corrected chi connectivity index (χ3v) is 9.83. The molecule has 4 saturated carbocycles. The van der Waals surface area contributed by atoms with Crippen molar-refractivity contribution in [3.63, 3.8) is 0 Å². The summed E-state index contributed by atoms with van der Waals surface area (Å²) in [5.74, 6) is -118. The van der Waals surface area contributed by atoms with Crippen LogP contribution in [0, 0.1) is 0 Å². The third kappa shape index (κ3) is 5.32. The van der Waals surface area contributed by atoms with Gasteiger partial charge in [0.2, 0.25) is 0 Å². The number of hydrogen-bond acceptors (Lipinski definition) is 6. The maximum Gasteiger partial charge on any atom is 0.459 e. The Morgan fingerprint density at radius 2 is 0.493 bits per heavy atom. The summed E-state index contributed by atoms with van der Waals surface area (Å²) in [7, 11) is 0. The predicted molar refractivity (Wildman–Crippen MR) is 113 cm³/mol. The summed E-state index contributed by atoms with van der Waals surface area (Å²) < 4.78 is 568. The van der Waals surface area contributed by atoms with E-state index in [1.165, 1.54) is 0 Å². The van der Waals surface area contributed by atoms with Crippen LogP contribution in [0.2, 0.25) is 0 Å². The molecule has 0 amide bonds. The van der Waals surface area contributed by atoms with Gasteiger partial charge in [-0.25, -0.2) is 8.78 Å². The molecular weight excluding hydrogens is 1100 g/mol. The molecule has 4 fully saturated rings. The Labute approximate surface area is 332 Å². The lowest BCUT2D eigenvalue weighted by atomic mass is 9.38. The van der Waals surface area contributed by atoms with E-state index in [1.807, 2.05) is 0 Å². The number of aliphatic hydroxyl groups is 2. The zero-order valence-electron chi connectivity index (χ0n) is 28.3. The number of rotatable bonds is 13. The van der Waals surface area contributed by atoms with Crippen molar-refractivity contribution in [1.29, 1.82) is 0 Å². The average molecular weight is 1100 g/mol. The molecule has 5 unspecified atom stereocenters. The summed E-state index contributed by atoms with van der Waals surface area (Å²) in [6.07, 6.45) is -55.8. The molecule has 6 nitrogen and oxygen atoms in total. The minimum absolute atomic E-state index is 0.912. The fourth-order valence-electron chi connectivity index (χ4n) is 6.51. The molecule has 4 rings (SSSR count). The van der Waals surface area contributed by atoms with E-state index in [0.717, 1.165) is 14.2 Å². The van der Waals surface area contributed by atoms with Gasteiger partial charge in [-0.1, -0.05) is 8.96 Å². The van der Waals surface area contributed by atoms with Crippen LogP contribution >= 0.6 is 0 Å². The van der Waals surface area contributed by atoms with E-state index in [-0.39, 0.29) is 0 Å². The van der Waals surface area contributed by atoms with Gasteiger partial charge >= 0.3 is 113 Å². The maximum atomic E-state index is 16.3. The van der Waals surface area contributed by atoms with E-state index in [1.54, 1.807) is 0 Å². The zero-order valence-corrected chi connectivity index (χ0v) is 28.3. The van der Waals surface area contributed by atoms with Crippen LogP contribution in [0.5, 0.6) is 0 Å². The van der Waals surface area contributed by atoms with E-state index in [9.17, 15) is 106 Å². The van der Waals surface area contributed by atoms with E-state index < -0.39 is 135 Å². The van der Waals surface area contributed by atoms with Gasteiger partial charge in [-0.2, -0.15) is 154 Å². The molecular formula is C22H2F39NO5. The first kappa shape index (κ1) is 58.3. The fourth-order valence-corrected chi connectivity index (χ4v) is 6.51. The summed E-state index contributed by atoms with van der Waals surface area (Å²) >= 11 is 0. The van der Waals surface area contributed by atoms with Gasteiger partial charge in [0.15, 0.2) is 0 Å². The monoisotopic (exact) mass is 1100 g/mol. The topological polar surface area (TPSA) is 71.4 Å². The van der Waals surface area contributed by atoms with Gasteiger partial charge in [-0.3, -0.25) is 14.2 Å². The minimum atomic E-state index is -10.6. The SMILES string of the molecule is OC(F)(C(F)(F)OC12C(F)(F)C3(F)C(F)(F)C(OC(F)(F)C(O)(F)C(F)(F)C(F)(F)F)(C1(F)F)C(F)(F)C(OC(F)(F)C(F)(N(F)F)C(F)(F)C(F)(F)F)(C3(F)F)C2(F)F)C(F)(F)C(F)(F)F. The van der Waals surface area contributed by atoms with Gasteiger partial charge in [0.25, 0.3) is 16.8 Å². The van der Waals surface area contributed by atoms with Crippen LogP contribution in [0.4, 0.5) is 171 Å². The van der Waals surface area contributed by atoms with Crippen LogP contribution in [0.25, 0.3) is 0 Å². The Kier molecular flexibility index (Phi) is 11.6. The van der Waals surface area contributed by atoms with Gasteiger partial charge in [0.05, 0.1) is 5.34 Å². The van der Waals surface area contributed by atoms with Crippen molar-refractivity contribution >= 4 is 0 Å². The smallest absolute Gasteiger partial charge is 0.350 e. The highest BCUT2D eigenvalue weighted by atomic mass is 19.5. The van der Waals surface area contributed by atoms with Crippen molar-refractivity contribution in [3.8, 4) is 0 Å². The fraction of sp³-hybridized carbons (Fsp3) is 1.00. The zero-order chi connectivity index (χ0) is 54.7. The Hall–Kier alpha value is -2.97. The third-order valence-electron chi connectivity index (χ3n) is 9.83. The summed E-state index contributed by atoms with van der Waals surface area (Å²) in [5.41, 5.74) is -41.9. The van der Waals surface area contributed by atoms with E-state index in [4.69, 9.17) is 10.2 Å². The van der Waals surface area contributed by atoms with Gasteiger partial charge < -0.3 is 10.2 Å². The summed E-state index contributed by atoms with van der Waals surface area (Å²) in [4.78, 5) is 0. The summed E-state index contributed by atoms with van der Waals surface area (Å²) in [6, 6.07) is 0. The Bertz CT molecular complexity index is 1870. The molecule has 0 aromatic heterocycles. The largest absolute Gasteiger partial charge is 0.459 e. The molecule has 0 heterocycles. The van der Waals surface area contributed by atoms with Crippen molar-refractivity contribution in [2.75, 3.05) is 0 Å². The molecule has 4 bridgehead atoms.